The number of phenolic OH excluding ortho intramolecular Hbond substituents is 1. The van der Waals surface area contributed by atoms with E-state index >= 15 is 0 Å². The van der Waals surface area contributed by atoms with Gasteiger partial charge in [-0.25, -0.2) is 0 Å². The Morgan fingerprint density at radius 3 is 2.94 bits per heavy atom. The minimum atomic E-state index is -0.0897. The number of aromatic nitrogens is 2. The minimum Gasteiger partial charge on any atom is -0.507 e. The summed E-state index contributed by atoms with van der Waals surface area (Å²) in [6.07, 6.45) is 1.70. The zero-order chi connectivity index (χ0) is 11.3. The number of aromatic hydroxyl groups is 1. The lowest BCUT2D eigenvalue weighted by Gasteiger charge is -1.96. The largest absolute Gasteiger partial charge is 0.507 e. The average molecular weight is 214 g/mol. The van der Waals surface area contributed by atoms with Crippen molar-refractivity contribution in [3.05, 3.63) is 40.8 Å². The molecule has 4 heteroatoms. The van der Waals surface area contributed by atoms with Crippen molar-refractivity contribution >= 4 is 21.8 Å². The van der Waals surface area contributed by atoms with Crippen LogP contribution < -0.4 is 5.56 Å². The lowest BCUT2D eigenvalue weighted by molar-refractivity contribution is 0.482. The van der Waals surface area contributed by atoms with Gasteiger partial charge in [-0.05, 0) is 18.2 Å². The van der Waals surface area contributed by atoms with Crippen LogP contribution in [0.1, 0.15) is 0 Å². The number of aryl methyl sites for hydroxylation is 1. The molecule has 80 valence electrons. The summed E-state index contributed by atoms with van der Waals surface area (Å²) in [5.74, 6) is 0.192. The molecule has 0 atom stereocenters. The van der Waals surface area contributed by atoms with Crippen LogP contribution in [0.5, 0.6) is 5.75 Å². The Bertz CT molecular complexity index is 753. The van der Waals surface area contributed by atoms with Crippen molar-refractivity contribution < 1.29 is 5.11 Å². The zero-order valence-corrected chi connectivity index (χ0v) is 8.69. The monoisotopic (exact) mass is 214 g/mol. The fourth-order valence-corrected chi connectivity index (χ4v) is 2.02. The number of hydrogen-bond acceptors (Lipinski definition) is 2. The molecule has 2 N–H and O–H groups in total. The minimum absolute atomic E-state index is 0.0897. The Kier molecular flexibility index (Phi) is 1.63. The summed E-state index contributed by atoms with van der Waals surface area (Å²) < 4.78 is 1.51. The molecule has 4 nitrogen and oxygen atoms in total. The van der Waals surface area contributed by atoms with Crippen molar-refractivity contribution in [2.75, 3.05) is 0 Å². The summed E-state index contributed by atoms with van der Waals surface area (Å²) >= 11 is 0. The molecule has 0 radical (unpaired) electrons. The molecule has 0 saturated carbocycles. The molecule has 0 aliphatic heterocycles. The number of nitrogens with zero attached hydrogens (tertiary/aromatic N) is 1. The summed E-state index contributed by atoms with van der Waals surface area (Å²) in [6.45, 7) is 0. The van der Waals surface area contributed by atoms with Crippen molar-refractivity contribution in [2.24, 2.45) is 7.05 Å². The first kappa shape index (κ1) is 9.03. The molecule has 16 heavy (non-hydrogen) atoms. The topological polar surface area (TPSA) is 58.0 Å². The van der Waals surface area contributed by atoms with Gasteiger partial charge in [0.15, 0.2) is 0 Å². The quantitative estimate of drug-likeness (QED) is 0.598. The van der Waals surface area contributed by atoms with Gasteiger partial charge >= 0.3 is 0 Å². The summed E-state index contributed by atoms with van der Waals surface area (Å²) in [5, 5.41) is 11.3. The second-order valence-electron chi connectivity index (χ2n) is 3.85. The van der Waals surface area contributed by atoms with E-state index in [-0.39, 0.29) is 11.3 Å². The number of aromatic amines is 1. The number of fused-ring (bicyclic) bond motifs is 3. The molecule has 0 unspecified atom stereocenters. The number of pyridine rings is 1. The Morgan fingerprint density at radius 2 is 2.12 bits per heavy atom. The highest BCUT2D eigenvalue weighted by atomic mass is 16.3. The zero-order valence-electron chi connectivity index (χ0n) is 8.69. The molecule has 0 spiro atoms. The van der Waals surface area contributed by atoms with Crippen molar-refractivity contribution in [3.63, 3.8) is 0 Å². The fraction of sp³-hybridized carbons (Fsp3) is 0.0833. The van der Waals surface area contributed by atoms with Gasteiger partial charge in [-0.1, -0.05) is 6.07 Å². The molecule has 3 rings (SSSR count). The number of phenols is 1. The summed E-state index contributed by atoms with van der Waals surface area (Å²) in [5.41, 5.74) is 1.22. The molecule has 0 amide bonds. The first-order valence-corrected chi connectivity index (χ1v) is 4.97. The van der Waals surface area contributed by atoms with E-state index in [0.717, 1.165) is 10.9 Å². The number of nitrogens with one attached hydrogen (secondary N) is 1. The highest BCUT2D eigenvalue weighted by molar-refractivity contribution is 6.09. The number of benzene rings is 1. The highest BCUT2D eigenvalue weighted by Crippen LogP contribution is 2.30. The van der Waals surface area contributed by atoms with E-state index < -0.39 is 0 Å². The molecular weight excluding hydrogens is 204 g/mol. The van der Waals surface area contributed by atoms with E-state index in [1.807, 2.05) is 12.1 Å². The van der Waals surface area contributed by atoms with E-state index in [1.54, 1.807) is 25.4 Å². The van der Waals surface area contributed by atoms with E-state index in [2.05, 4.69) is 4.98 Å². The van der Waals surface area contributed by atoms with Gasteiger partial charge < -0.3 is 14.7 Å². The van der Waals surface area contributed by atoms with Gasteiger partial charge in [0.05, 0.1) is 5.52 Å². The smallest absolute Gasteiger partial charge is 0.274 e. The van der Waals surface area contributed by atoms with Crippen LogP contribution in [0.25, 0.3) is 21.8 Å². The third-order valence-electron chi connectivity index (χ3n) is 2.84. The second kappa shape index (κ2) is 2.88. The molecule has 0 aliphatic carbocycles. The molecule has 0 saturated heterocycles. The van der Waals surface area contributed by atoms with E-state index in [4.69, 9.17) is 0 Å². The summed E-state index contributed by atoms with van der Waals surface area (Å²) in [6, 6.07) is 7.04. The number of H-pyrrole nitrogens is 1. The Hall–Kier alpha value is -2.23. The number of hydrogen-bond donors (Lipinski definition) is 2. The van der Waals surface area contributed by atoms with Crippen LogP contribution in [0.4, 0.5) is 0 Å². The van der Waals surface area contributed by atoms with Crippen LogP contribution in [0.15, 0.2) is 35.3 Å². The summed E-state index contributed by atoms with van der Waals surface area (Å²) in [7, 11) is 1.70. The first-order chi connectivity index (χ1) is 7.68. The third-order valence-corrected chi connectivity index (χ3v) is 2.84. The predicted molar refractivity (Wildman–Crippen MR) is 62.7 cm³/mol. The fourth-order valence-electron chi connectivity index (χ4n) is 2.02. The second-order valence-corrected chi connectivity index (χ2v) is 3.85. The van der Waals surface area contributed by atoms with Crippen LogP contribution in [-0.4, -0.2) is 14.7 Å². The average Bonchev–Trinajstić information content (AvgIpc) is 2.64. The standard InChI is InChI=1S/C12H10N2O2/c1-14-6-5-7-10-8(3-2-4-9(10)15)13-11(7)12(14)16/h2-6,13,15H,1H3. The normalized spacial score (nSPS) is 11.3. The Morgan fingerprint density at radius 1 is 1.31 bits per heavy atom. The lowest BCUT2D eigenvalue weighted by atomic mass is 10.2. The third kappa shape index (κ3) is 1.01. The van der Waals surface area contributed by atoms with Crippen LogP contribution in [0, 0.1) is 0 Å². The van der Waals surface area contributed by atoms with E-state index in [0.29, 0.717) is 10.9 Å². The van der Waals surface area contributed by atoms with Crippen LogP contribution in [0.3, 0.4) is 0 Å². The van der Waals surface area contributed by atoms with Crippen molar-refractivity contribution in [2.45, 2.75) is 0 Å². The molecule has 1 aromatic carbocycles. The highest BCUT2D eigenvalue weighted by Gasteiger charge is 2.10. The van der Waals surface area contributed by atoms with Crippen LogP contribution >= 0.6 is 0 Å². The molecule has 0 aliphatic rings. The Labute approximate surface area is 90.8 Å². The summed E-state index contributed by atoms with van der Waals surface area (Å²) in [4.78, 5) is 14.9. The molecular formula is C12H10N2O2. The van der Waals surface area contributed by atoms with Gasteiger partial charge in [-0.15, -0.1) is 0 Å². The SMILES string of the molecule is Cn1ccc2c([nH]c3cccc(O)c32)c1=O. The van der Waals surface area contributed by atoms with Gasteiger partial charge in [0.1, 0.15) is 11.3 Å². The molecule has 2 heterocycles. The molecule has 0 bridgehead atoms. The lowest BCUT2D eigenvalue weighted by Crippen LogP contribution is -2.15. The first-order valence-electron chi connectivity index (χ1n) is 4.97. The maximum Gasteiger partial charge on any atom is 0.274 e. The maximum atomic E-state index is 11.9. The molecule has 3 aromatic rings. The van der Waals surface area contributed by atoms with E-state index in [1.165, 1.54) is 4.57 Å². The maximum absolute atomic E-state index is 11.9. The van der Waals surface area contributed by atoms with Gasteiger partial charge in [0, 0.05) is 24.0 Å². The van der Waals surface area contributed by atoms with Gasteiger partial charge in [-0.2, -0.15) is 0 Å². The van der Waals surface area contributed by atoms with Crippen molar-refractivity contribution in [1.82, 2.24) is 9.55 Å². The molecule has 0 fully saturated rings. The van der Waals surface area contributed by atoms with Gasteiger partial charge in [-0.3, -0.25) is 4.79 Å². The number of rotatable bonds is 0. The molecule has 2 aromatic heterocycles. The van der Waals surface area contributed by atoms with E-state index in [9.17, 15) is 9.90 Å². The van der Waals surface area contributed by atoms with Crippen LogP contribution in [-0.2, 0) is 7.05 Å². The predicted octanol–water partition coefficient (Wildman–Crippen LogP) is 1.73. The Balaban J connectivity index is 2.67. The van der Waals surface area contributed by atoms with Crippen molar-refractivity contribution in [3.8, 4) is 5.75 Å². The van der Waals surface area contributed by atoms with Crippen LogP contribution in [0.2, 0.25) is 0 Å². The van der Waals surface area contributed by atoms with Gasteiger partial charge in [0.2, 0.25) is 0 Å². The van der Waals surface area contributed by atoms with Crippen molar-refractivity contribution in [1.29, 1.82) is 0 Å². The van der Waals surface area contributed by atoms with Gasteiger partial charge in [0.25, 0.3) is 5.56 Å².